The van der Waals surface area contributed by atoms with Gasteiger partial charge in [0.15, 0.2) is 0 Å². The molecule has 0 bridgehead atoms. The lowest BCUT2D eigenvalue weighted by molar-refractivity contribution is -0.112. The fourth-order valence-electron chi connectivity index (χ4n) is 3.26. The SMILES string of the molecule is Cc1cc(C)cc(Cc2ccccc2/C=C(\C#N)C(=O)Nc2ccc(Br)cc2)c1. The molecule has 0 unspecified atom stereocenters. The molecule has 1 amide bonds. The molecule has 0 saturated heterocycles. The van der Waals surface area contributed by atoms with Crippen molar-refractivity contribution in [1.82, 2.24) is 0 Å². The summed E-state index contributed by atoms with van der Waals surface area (Å²) in [6, 6.07) is 23.6. The van der Waals surface area contributed by atoms with Gasteiger partial charge in [0, 0.05) is 10.2 Å². The first-order valence-corrected chi connectivity index (χ1v) is 10.1. The maximum Gasteiger partial charge on any atom is 0.266 e. The lowest BCUT2D eigenvalue weighted by Crippen LogP contribution is -2.13. The van der Waals surface area contributed by atoms with E-state index in [4.69, 9.17) is 0 Å². The van der Waals surface area contributed by atoms with E-state index in [0.29, 0.717) is 5.69 Å². The van der Waals surface area contributed by atoms with E-state index in [1.807, 2.05) is 42.5 Å². The summed E-state index contributed by atoms with van der Waals surface area (Å²) < 4.78 is 0.923. The summed E-state index contributed by atoms with van der Waals surface area (Å²) in [5.74, 6) is -0.420. The van der Waals surface area contributed by atoms with Crippen molar-refractivity contribution in [3.8, 4) is 6.07 Å². The highest BCUT2D eigenvalue weighted by Crippen LogP contribution is 2.20. The highest BCUT2D eigenvalue weighted by Gasteiger charge is 2.11. The fraction of sp³-hybridized carbons (Fsp3) is 0.120. The second-order valence-electron chi connectivity index (χ2n) is 7.00. The molecule has 0 fully saturated rings. The summed E-state index contributed by atoms with van der Waals surface area (Å²) in [4.78, 5) is 12.6. The highest BCUT2D eigenvalue weighted by molar-refractivity contribution is 9.10. The van der Waals surface area contributed by atoms with Crippen molar-refractivity contribution in [3.63, 3.8) is 0 Å². The number of hydrogen-bond donors (Lipinski definition) is 1. The third-order valence-corrected chi connectivity index (χ3v) is 5.03. The van der Waals surface area contributed by atoms with E-state index in [9.17, 15) is 10.1 Å². The van der Waals surface area contributed by atoms with E-state index >= 15 is 0 Å². The van der Waals surface area contributed by atoms with Crippen LogP contribution in [0.15, 0.2) is 76.8 Å². The molecular weight excluding hydrogens is 424 g/mol. The molecule has 29 heavy (non-hydrogen) atoms. The van der Waals surface area contributed by atoms with Gasteiger partial charge < -0.3 is 5.32 Å². The monoisotopic (exact) mass is 444 g/mol. The topological polar surface area (TPSA) is 52.9 Å². The van der Waals surface area contributed by atoms with Crippen LogP contribution in [-0.2, 0) is 11.2 Å². The molecule has 0 spiro atoms. The van der Waals surface area contributed by atoms with Crippen LogP contribution >= 0.6 is 15.9 Å². The maximum atomic E-state index is 12.6. The summed E-state index contributed by atoms with van der Waals surface area (Å²) in [5, 5.41) is 12.3. The summed E-state index contributed by atoms with van der Waals surface area (Å²) in [6.07, 6.45) is 2.40. The van der Waals surface area contributed by atoms with Gasteiger partial charge in [-0.15, -0.1) is 0 Å². The Balaban J connectivity index is 1.86. The molecule has 3 aromatic carbocycles. The number of anilines is 1. The van der Waals surface area contributed by atoms with Crippen molar-refractivity contribution < 1.29 is 4.79 Å². The number of carbonyl (C=O) groups is 1. The van der Waals surface area contributed by atoms with Gasteiger partial charge in [-0.1, -0.05) is 69.5 Å². The van der Waals surface area contributed by atoms with E-state index in [1.165, 1.54) is 16.7 Å². The standard InChI is InChI=1S/C25H21BrN2O/c1-17-11-18(2)13-19(12-17)14-20-5-3-4-6-21(20)15-22(16-27)25(29)28-24-9-7-23(26)8-10-24/h3-13,15H,14H2,1-2H3,(H,28,29)/b22-15+. The Labute approximate surface area is 179 Å². The number of carbonyl (C=O) groups excluding carboxylic acids is 1. The van der Waals surface area contributed by atoms with Crippen molar-refractivity contribution in [2.24, 2.45) is 0 Å². The molecule has 144 valence electrons. The van der Waals surface area contributed by atoms with Crippen molar-refractivity contribution in [3.05, 3.63) is 105 Å². The van der Waals surface area contributed by atoms with Crippen molar-refractivity contribution in [2.75, 3.05) is 5.32 Å². The lowest BCUT2D eigenvalue weighted by atomic mass is 9.96. The Morgan fingerprint density at radius 3 is 2.34 bits per heavy atom. The van der Waals surface area contributed by atoms with Crippen LogP contribution in [-0.4, -0.2) is 5.91 Å². The minimum Gasteiger partial charge on any atom is -0.321 e. The number of hydrogen-bond acceptors (Lipinski definition) is 2. The van der Waals surface area contributed by atoms with Crippen molar-refractivity contribution in [2.45, 2.75) is 20.3 Å². The van der Waals surface area contributed by atoms with Crippen LogP contribution in [0.4, 0.5) is 5.69 Å². The number of benzene rings is 3. The van der Waals surface area contributed by atoms with Gasteiger partial charge in [-0.25, -0.2) is 0 Å². The van der Waals surface area contributed by atoms with Gasteiger partial charge in [0.2, 0.25) is 0 Å². The summed E-state index contributed by atoms with van der Waals surface area (Å²) in [6.45, 7) is 4.17. The molecule has 0 saturated carbocycles. The smallest absolute Gasteiger partial charge is 0.266 e. The number of nitrogens with one attached hydrogen (secondary N) is 1. The van der Waals surface area contributed by atoms with E-state index in [1.54, 1.807) is 18.2 Å². The number of halogens is 1. The Kier molecular flexibility index (Phi) is 6.64. The predicted molar refractivity (Wildman–Crippen MR) is 122 cm³/mol. The minimum absolute atomic E-state index is 0.0702. The molecule has 3 nitrogen and oxygen atoms in total. The first-order valence-electron chi connectivity index (χ1n) is 9.28. The van der Waals surface area contributed by atoms with Crippen LogP contribution in [0.2, 0.25) is 0 Å². The zero-order valence-electron chi connectivity index (χ0n) is 16.4. The van der Waals surface area contributed by atoms with Gasteiger partial charge in [-0.05, 0) is 67.3 Å². The number of amides is 1. The number of nitrogens with zero attached hydrogens (tertiary/aromatic N) is 1. The van der Waals surface area contributed by atoms with Crippen LogP contribution in [0, 0.1) is 25.2 Å². The first-order chi connectivity index (χ1) is 13.9. The molecule has 1 N–H and O–H groups in total. The molecule has 0 aliphatic carbocycles. The largest absolute Gasteiger partial charge is 0.321 e. The molecular formula is C25H21BrN2O. The van der Waals surface area contributed by atoms with Gasteiger partial charge >= 0.3 is 0 Å². The molecule has 0 atom stereocenters. The van der Waals surface area contributed by atoms with Crippen LogP contribution < -0.4 is 5.32 Å². The van der Waals surface area contributed by atoms with Gasteiger partial charge in [-0.2, -0.15) is 5.26 Å². The third kappa shape index (κ3) is 5.66. The third-order valence-electron chi connectivity index (χ3n) is 4.50. The van der Waals surface area contributed by atoms with Crippen molar-refractivity contribution in [1.29, 1.82) is 5.26 Å². The summed E-state index contributed by atoms with van der Waals surface area (Å²) >= 11 is 3.37. The Bertz CT molecular complexity index is 1090. The average Bonchev–Trinajstić information content (AvgIpc) is 2.68. The molecule has 3 rings (SSSR count). The van der Waals surface area contributed by atoms with Gasteiger partial charge in [-0.3, -0.25) is 4.79 Å². The second-order valence-corrected chi connectivity index (χ2v) is 7.92. The van der Waals surface area contributed by atoms with E-state index in [0.717, 1.165) is 22.0 Å². The predicted octanol–water partition coefficient (Wildman–Crippen LogP) is 6.20. The van der Waals surface area contributed by atoms with Gasteiger partial charge in [0.25, 0.3) is 5.91 Å². The Morgan fingerprint density at radius 1 is 1.03 bits per heavy atom. The molecule has 0 aliphatic heterocycles. The highest BCUT2D eigenvalue weighted by atomic mass is 79.9. The average molecular weight is 445 g/mol. The Morgan fingerprint density at radius 2 is 1.69 bits per heavy atom. The normalized spacial score (nSPS) is 11.0. The Hall–Kier alpha value is -3.16. The number of rotatable bonds is 5. The van der Waals surface area contributed by atoms with Crippen LogP contribution in [0.25, 0.3) is 6.08 Å². The summed E-state index contributed by atoms with van der Waals surface area (Å²) in [7, 11) is 0. The minimum atomic E-state index is -0.420. The first kappa shape index (κ1) is 20.6. The lowest BCUT2D eigenvalue weighted by Gasteiger charge is -2.09. The van der Waals surface area contributed by atoms with Gasteiger partial charge in [0.05, 0.1) is 0 Å². The zero-order valence-corrected chi connectivity index (χ0v) is 18.0. The quantitative estimate of drug-likeness (QED) is 0.375. The van der Waals surface area contributed by atoms with Crippen molar-refractivity contribution >= 4 is 33.6 Å². The van der Waals surface area contributed by atoms with Gasteiger partial charge in [0.1, 0.15) is 11.6 Å². The van der Waals surface area contributed by atoms with E-state index < -0.39 is 5.91 Å². The zero-order chi connectivity index (χ0) is 20.8. The number of aryl methyl sites for hydroxylation is 2. The molecule has 0 heterocycles. The molecule has 0 aromatic heterocycles. The molecule has 3 aromatic rings. The summed E-state index contributed by atoms with van der Waals surface area (Å²) in [5.41, 5.74) is 6.31. The van der Waals surface area contributed by atoms with Crippen LogP contribution in [0.5, 0.6) is 0 Å². The fourth-order valence-corrected chi connectivity index (χ4v) is 3.53. The maximum absolute atomic E-state index is 12.6. The molecule has 0 radical (unpaired) electrons. The number of nitriles is 1. The molecule has 0 aliphatic rings. The molecule has 4 heteroatoms. The van der Waals surface area contributed by atoms with E-state index in [-0.39, 0.29) is 5.57 Å². The van der Waals surface area contributed by atoms with Crippen LogP contribution in [0.3, 0.4) is 0 Å². The van der Waals surface area contributed by atoms with Crippen LogP contribution in [0.1, 0.15) is 27.8 Å². The van der Waals surface area contributed by atoms with E-state index in [2.05, 4.69) is 53.3 Å². The second kappa shape index (κ2) is 9.36.